The molecule has 3 heteroatoms. The molecule has 0 fully saturated rings. The van der Waals surface area contributed by atoms with Crippen LogP contribution in [-0.4, -0.2) is 15.3 Å². The summed E-state index contributed by atoms with van der Waals surface area (Å²) in [5, 5.41) is 17.3. The number of H-pyrrole nitrogens is 1. The molecule has 2 N–H and O–H groups in total. The Kier molecular flexibility index (Phi) is 3.25. The van der Waals surface area contributed by atoms with Crippen LogP contribution in [0.15, 0.2) is 54.6 Å². The summed E-state index contributed by atoms with van der Waals surface area (Å²) < 4.78 is 0. The highest BCUT2D eigenvalue weighted by molar-refractivity contribution is 5.83. The van der Waals surface area contributed by atoms with E-state index < -0.39 is 0 Å². The van der Waals surface area contributed by atoms with Crippen LogP contribution in [0.3, 0.4) is 0 Å². The lowest BCUT2D eigenvalue weighted by atomic mass is 9.98. The monoisotopic (exact) mass is 264 g/mol. The molecule has 3 nitrogen and oxygen atoms in total. The summed E-state index contributed by atoms with van der Waals surface area (Å²) >= 11 is 0. The number of hydrogen-bond donors (Lipinski definition) is 2. The predicted octanol–water partition coefficient (Wildman–Crippen LogP) is 4.01. The van der Waals surface area contributed by atoms with E-state index in [-0.39, 0.29) is 5.75 Å². The second-order valence-electron chi connectivity index (χ2n) is 4.70. The molecule has 0 aliphatic heterocycles. The SMILES string of the molecule is CCc1[nH]nc(-c2ccccc2)c1-c1cccc(O)c1. The quantitative estimate of drug-likeness (QED) is 0.750. The molecule has 2 aromatic carbocycles. The Labute approximate surface area is 117 Å². The Balaban J connectivity index is 2.21. The highest BCUT2D eigenvalue weighted by Crippen LogP contribution is 2.34. The van der Waals surface area contributed by atoms with Gasteiger partial charge in [-0.3, -0.25) is 5.10 Å². The number of aryl methyl sites for hydroxylation is 1. The van der Waals surface area contributed by atoms with Crippen LogP contribution in [0, 0.1) is 0 Å². The largest absolute Gasteiger partial charge is 0.508 e. The Hall–Kier alpha value is -2.55. The molecule has 100 valence electrons. The average molecular weight is 264 g/mol. The number of rotatable bonds is 3. The van der Waals surface area contributed by atoms with Gasteiger partial charge >= 0.3 is 0 Å². The first-order valence-electron chi connectivity index (χ1n) is 6.71. The summed E-state index contributed by atoms with van der Waals surface area (Å²) in [6, 6.07) is 17.4. The minimum atomic E-state index is 0.268. The Bertz CT molecular complexity index is 717. The van der Waals surface area contributed by atoms with Crippen molar-refractivity contribution in [2.75, 3.05) is 0 Å². The van der Waals surface area contributed by atoms with E-state index in [1.807, 2.05) is 42.5 Å². The van der Waals surface area contributed by atoms with Crippen molar-refractivity contribution in [3.63, 3.8) is 0 Å². The van der Waals surface area contributed by atoms with Crippen molar-refractivity contribution in [2.24, 2.45) is 0 Å². The van der Waals surface area contributed by atoms with Crippen LogP contribution < -0.4 is 0 Å². The summed E-state index contributed by atoms with van der Waals surface area (Å²) in [5.74, 6) is 0.268. The van der Waals surface area contributed by atoms with Crippen molar-refractivity contribution in [2.45, 2.75) is 13.3 Å². The van der Waals surface area contributed by atoms with Crippen LogP contribution in [0.4, 0.5) is 0 Å². The van der Waals surface area contributed by atoms with Crippen molar-refractivity contribution in [3.8, 4) is 28.1 Å². The maximum absolute atomic E-state index is 9.71. The molecule has 0 aliphatic rings. The first kappa shape index (κ1) is 12.5. The standard InChI is InChI=1S/C17H16N2O/c1-2-15-16(13-9-6-10-14(20)11-13)17(19-18-15)12-7-4-3-5-8-12/h3-11,20H,2H2,1H3,(H,18,19). The van der Waals surface area contributed by atoms with Gasteiger partial charge in [-0.2, -0.15) is 5.10 Å². The molecular formula is C17H16N2O. The maximum Gasteiger partial charge on any atom is 0.116 e. The summed E-state index contributed by atoms with van der Waals surface area (Å²) in [6.07, 6.45) is 0.866. The van der Waals surface area contributed by atoms with Gasteiger partial charge in [0.1, 0.15) is 11.4 Å². The van der Waals surface area contributed by atoms with Gasteiger partial charge < -0.3 is 5.11 Å². The third-order valence-corrected chi connectivity index (χ3v) is 3.38. The Morgan fingerprint density at radius 2 is 1.75 bits per heavy atom. The van der Waals surface area contributed by atoms with Crippen LogP contribution >= 0.6 is 0 Å². The number of nitrogens with zero attached hydrogens (tertiary/aromatic N) is 1. The number of phenols is 1. The molecule has 0 bridgehead atoms. The number of aromatic amines is 1. The fourth-order valence-corrected chi connectivity index (χ4v) is 2.41. The summed E-state index contributed by atoms with van der Waals surface area (Å²) in [5.41, 5.74) is 5.12. The topological polar surface area (TPSA) is 48.9 Å². The molecule has 0 saturated carbocycles. The van der Waals surface area contributed by atoms with Gasteiger partial charge in [-0.15, -0.1) is 0 Å². The molecule has 20 heavy (non-hydrogen) atoms. The molecule has 0 saturated heterocycles. The van der Waals surface area contributed by atoms with Crippen LogP contribution in [0.1, 0.15) is 12.6 Å². The average Bonchev–Trinajstić information content (AvgIpc) is 2.92. The molecule has 0 amide bonds. The summed E-state index contributed by atoms with van der Waals surface area (Å²) in [7, 11) is 0. The smallest absolute Gasteiger partial charge is 0.116 e. The van der Waals surface area contributed by atoms with Crippen molar-refractivity contribution < 1.29 is 5.11 Å². The number of aromatic nitrogens is 2. The zero-order valence-electron chi connectivity index (χ0n) is 11.3. The number of hydrogen-bond acceptors (Lipinski definition) is 2. The molecule has 0 aliphatic carbocycles. The van der Waals surface area contributed by atoms with Crippen molar-refractivity contribution in [1.82, 2.24) is 10.2 Å². The van der Waals surface area contributed by atoms with Crippen molar-refractivity contribution in [3.05, 3.63) is 60.3 Å². The minimum Gasteiger partial charge on any atom is -0.508 e. The third kappa shape index (κ3) is 2.18. The highest BCUT2D eigenvalue weighted by atomic mass is 16.3. The van der Waals surface area contributed by atoms with Crippen LogP contribution in [0.25, 0.3) is 22.4 Å². The zero-order valence-corrected chi connectivity index (χ0v) is 11.3. The molecule has 1 heterocycles. The van der Waals surface area contributed by atoms with E-state index in [0.29, 0.717) is 0 Å². The van der Waals surface area contributed by atoms with E-state index in [1.54, 1.807) is 12.1 Å². The van der Waals surface area contributed by atoms with Gasteiger partial charge in [0.2, 0.25) is 0 Å². The molecule has 1 aromatic heterocycles. The van der Waals surface area contributed by atoms with E-state index in [2.05, 4.69) is 17.1 Å². The van der Waals surface area contributed by atoms with Gasteiger partial charge in [0.15, 0.2) is 0 Å². The van der Waals surface area contributed by atoms with Gasteiger partial charge in [-0.25, -0.2) is 0 Å². The maximum atomic E-state index is 9.71. The van der Waals surface area contributed by atoms with Gasteiger partial charge in [0, 0.05) is 16.8 Å². The first-order valence-corrected chi connectivity index (χ1v) is 6.71. The van der Waals surface area contributed by atoms with E-state index in [4.69, 9.17) is 0 Å². The van der Waals surface area contributed by atoms with Crippen LogP contribution in [0.2, 0.25) is 0 Å². The molecule has 0 spiro atoms. The van der Waals surface area contributed by atoms with Gasteiger partial charge in [-0.05, 0) is 24.1 Å². The van der Waals surface area contributed by atoms with E-state index in [1.165, 1.54) is 0 Å². The number of aromatic hydroxyl groups is 1. The van der Waals surface area contributed by atoms with Gasteiger partial charge in [0.25, 0.3) is 0 Å². The van der Waals surface area contributed by atoms with Crippen LogP contribution in [-0.2, 0) is 6.42 Å². The predicted molar refractivity (Wildman–Crippen MR) is 80.5 cm³/mol. The molecule has 0 radical (unpaired) electrons. The molecule has 3 rings (SSSR count). The Morgan fingerprint density at radius 1 is 1.00 bits per heavy atom. The fraction of sp³-hybridized carbons (Fsp3) is 0.118. The lowest BCUT2D eigenvalue weighted by Crippen LogP contribution is -1.86. The number of benzene rings is 2. The number of phenolic OH excluding ortho intramolecular Hbond substituents is 1. The normalized spacial score (nSPS) is 10.7. The lowest BCUT2D eigenvalue weighted by molar-refractivity contribution is 0.475. The molecule has 3 aromatic rings. The summed E-state index contributed by atoms with van der Waals surface area (Å²) in [6.45, 7) is 2.09. The van der Waals surface area contributed by atoms with Gasteiger partial charge in [-0.1, -0.05) is 49.4 Å². The zero-order chi connectivity index (χ0) is 13.9. The van der Waals surface area contributed by atoms with Crippen molar-refractivity contribution in [1.29, 1.82) is 0 Å². The van der Waals surface area contributed by atoms with E-state index in [0.717, 1.165) is 34.5 Å². The lowest BCUT2D eigenvalue weighted by Gasteiger charge is -2.06. The second kappa shape index (κ2) is 5.21. The third-order valence-electron chi connectivity index (χ3n) is 3.38. The fourth-order valence-electron chi connectivity index (χ4n) is 2.41. The second-order valence-corrected chi connectivity index (χ2v) is 4.70. The van der Waals surface area contributed by atoms with Crippen LogP contribution in [0.5, 0.6) is 5.75 Å². The summed E-state index contributed by atoms with van der Waals surface area (Å²) in [4.78, 5) is 0. The van der Waals surface area contributed by atoms with Gasteiger partial charge in [0.05, 0.1) is 0 Å². The van der Waals surface area contributed by atoms with E-state index in [9.17, 15) is 5.11 Å². The number of nitrogens with one attached hydrogen (secondary N) is 1. The molecule has 0 unspecified atom stereocenters. The molecule has 0 atom stereocenters. The van der Waals surface area contributed by atoms with E-state index >= 15 is 0 Å². The first-order chi connectivity index (χ1) is 9.79. The minimum absolute atomic E-state index is 0.268. The molecular weight excluding hydrogens is 248 g/mol. The highest BCUT2D eigenvalue weighted by Gasteiger charge is 2.15. The van der Waals surface area contributed by atoms with Crippen molar-refractivity contribution >= 4 is 0 Å². The Morgan fingerprint density at radius 3 is 2.45 bits per heavy atom.